The van der Waals surface area contributed by atoms with E-state index in [-0.39, 0.29) is 22.9 Å². The molecule has 0 unspecified atom stereocenters. The Morgan fingerprint density at radius 2 is 1.96 bits per heavy atom. The van der Waals surface area contributed by atoms with Crippen molar-refractivity contribution >= 4 is 17.5 Å². The summed E-state index contributed by atoms with van der Waals surface area (Å²) in [7, 11) is 0. The standard InChI is InChI=1S/C15H12ClF4NO2/c16-12-4-1-5-13(17)11(12)7-14(22)21(9-15(18,19)20)8-10-3-2-6-23-10/h1-6H,7-9H2. The van der Waals surface area contributed by atoms with Gasteiger partial charge in [-0.1, -0.05) is 17.7 Å². The van der Waals surface area contributed by atoms with Crippen molar-refractivity contribution in [3.63, 3.8) is 0 Å². The van der Waals surface area contributed by atoms with Gasteiger partial charge in [-0.2, -0.15) is 13.2 Å². The molecule has 8 heteroatoms. The molecule has 0 saturated carbocycles. The Hall–Kier alpha value is -2.02. The highest BCUT2D eigenvalue weighted by molar-refractivity contribution is 6.31. The van der Waals surface area contributed by atoms with E-state index in [1.165, 1.54) is 30.5 Å². The first-order valence-corrected chi connectivity index (χ1v) is 6.94. The zero-order chi connectivity index (χ0) is 17.0. The van der Waals surface area contributed by atoms with Crippen molar-refractivity contribution < 1.29 is 26.8 Å². The molecule has 0 aliphatic rings. The van der Waals surface area contributed by atoms with Gasteiger partial charge in [0, 0.05) is 10.6 Å². The molecule has 0 N–H and O–H groups in total. The lowest BCUT2D eigenvalue weighted by atomic mass is 10.1. The second-order valence-electron chi connectivity index (χ2n) is 4.82. The maximum atomic E-state index is 13.7. The molecule has 0 spiro atoms. The fourth-order valence-electron chi connectivity index (χ4n) is 2.00. The highest BCUT2D eigenvalue weighted by atomic mass is 35.5. The molecular formula is C15H12ClF4NO2. The van der Waals surface area contributed by atoms with Crippen molar-refractivity contribution in [1.82, 2.24) is 4.90 Å². The first-order valence-electron chi connectivity index (χ1n) is 6.56. The van der Waals surface area contributed by atoms with Crippen LogP contribution in [0.3, 0.4) is 0 Å². The lowest BCUT2D eigenvalue weighted by Crippen LogP contribution is -2.39. The van der Waals surface area contributed by atoms with Crippen LogP contribution in [0.4, 0.5) is 17.6 Å². The molecule has 124 valence electrons. The minimum Gasteiger partial charge on any atom is -0.467 e. The lowest BCUT2D eigenvalue weighted by Gasteiger charge is -2.23. The van der Waals surface area contributed by atoms with Gasteiger partial charge in [-0.05, 0) is 24.3 Å². The van der Waals surface area contributed by atoms with E-state index >= 15 is 0 Å². The Labute approximate surface area is 134 Å². The summed E-state index contributed by atoms with van der Waals surface area (Å²) < 4.78 is 56.7. The van der Waals surface area contributed by atoms with Crippen LogP contribution in [0.25, 0.3) is 0 Å². The summed E-state index contributed by atoms with van der Waals surface area (Å²) in [5.74, 6) is -1.44. The molecule has 2 rings (SSSR count). The third-order valence-electron chi connectivity index (χ3n) is 3.04. The summed E-state index contributed by atoms with van der Waals surface area (Å²) in [4.78, 5) is 12.7. The second-order valence-corrected chi connectivity index (χ2v) is 5.23. The van der Waals surface area contributed by atoms with Crippen LogP contribution >= 0.6 is 11.6 Å². The number of amides is 1. The van der Waals surface area contributed by atoms with Gasteiger partial charge < -0.3 is 9.32 Å². The largest absolute Gasteiger partial charge is 0.467 e. The van der Waals surface area contributed by atoms with Crippen LogP contribution in [0, 0.1) is 5.82 Å². The molecule has 0 saturated heterocycles. The van der Waals surface area contributed by atoms with E-state index < -0.39 is 30.9 Å². The molecule has 0 atom stereocenters. The maximum absolute atomic E-state index is 13.7. The summed E-state index contributed by atoms with van der Waals surface area (Å²) in [6.07, 6.45) is -3.86. The second kappa shape index (κ2) is 7.04. The minimum absolute atomic E-state index is 0.0108. The van der Waals surface area contributed by atoms with Crippen molar-refractivity contribution in [1.29, 1.82) is 0 Å². The van der Waals surface area contributed by atoms with Gasteiger partial charge in [-0.15, -0.1) is 0 Å². The maximum Gasteiger partial charge on any atom is 0.406 e. The normalized spacial score (nSPS) is 11.5. The van der Waals surface area contributed by atoms with E-state index in [1.807, 2.05) is 0 Å². The summed E-state index contributed by atoms with van der Waals surface area (Å²) >= 11 is 5.80. The smallest absolute Gasteiger partial charge is 0.406 e. The van der Waals surface area contributed by atoms with Crippen LogP contribution in [0.15, 0.2) is 41.0 Å². The Morgan fingerprint density at radius 3 is 2.52 bits per heavy atom. The molecule has 1 heterocycles. The fraction of sp³-hybridized carbons (Fsp3) is 0.267. The molecule has 3 nitrogen and oxygen atoms in total. The zero-order valence-electron chi connectivity index (χ0n) is 11.7. The molecule has 1 amide bonds. The van der Waals surface area contributed by atoms with Crippen LogP contribution in [0.1, 0.15) is 11.3 Å². The first kappa shape index (κ1) is 17.3. The van der Waals surface area contributed by atoms with Gasteiger partial charge in [0.05, 0.1) is 19.2 Å². The monoisotopic (exact) mass is 349 g/mol. The number of benzene rings is 1. The molecule has 1 aromatic carbocycles. The zero-order valence-corrected chi connectivity index (χ0v) is 12.5. The van der Waals surface area contributed by atoms with Gasteiger partial charge in [0.25, 0.3) is 0 Å². The third kappa shape index (κ3) is 4.99. The van der Waals surface area contributed by atoms with Crippen molar-refractivity contribution in [2.24, 2.45) is 0 Å². The van der Waals surface area contributed by atoms with E-state index in [4.69, 9.17) is 16.0 Å². The lowest BCUT2D eigenvalue weighted by molar-refractivity contribution is -0.162. The number of halogens is 5. The number of carbonyl (C=O) groups is 1. The van der Waals surface area contributed by atoms with E-state index in [9.17, 15) is 22.4 Å². The number of alkyl halides is 3. The summed E-state index contributed by atoms with van der Waals surface area (Å²) in [6, 6.07) is 6.76. The van der Waals surface area contributed by atoms with Crippen molar-refractivity contribution in [2.45, 2.75) is 19.1 Å². The molecule has 1 aromatic heterocycles. The van der Waals surface area contributed by atoms with Gasteiger partial charge in [-0.25, -0.2) is 4.39 Å². The number of hydrogen-bond acceptors (Lipinski definition) is 2. The van der Waals surface area contributed by atoms with E-state index in [2.05, 4.69) is 0 Å². The number of nitrogens with zero attached hydrogens (tertiary/aromatic N) is 1. The molecule has 0 bridgehead atoms. The van der Waals surface area contributed by atoms with Crippen LogP contribution in [-0.4, -0.2) is 23.5 Å². The Morgan fingerprint density at radius 1 is 1.22 bits per heavy atom. The minimum atomic E-state index is -4.58. The molecule has 2 aromatic rings. The SMILES string of the molecule is O=C(Cc1c(F)cccc1Cl)N(Cc1ccco1)CC(F)(F)F. The average molecular weight is 350 g/mol. The molecular weight excluding hydrogens is 338 g/mol. The third-order valence-corrected chi connectivity index (χ3v) is 3.39. The van der Waals surface area contributed by atoms with E-state index in [0.717, 1.165) is 6.07 Å². The predicted octanol–water partition coefficient (Wildman–Crippen LogP) is 4.21. The van der Waals surface area contributed by atoms with Crippen LogP contribution in [0.2, 0.25) is 5.02 Å². The van der Waals surface area contributed by atoms with Gasteiger partial charge in [0.1, 0.15) is 18.1 Å². The Balaban J connectivity index is 2.18. The highest BCUT2D eigenvalue weighted by Gasteiger charge is 2.33. The van der Waals surface area contributed by atoms with Crippen molar-refractivity contribution in [3.05, 3.63) is 58.8 Å². The molecule has 0 aliphatic carbocycles. The predicted molar refractivity (Wildman–Crippen MR) is 75.3 cm³/mol. The number of rotatable bonds is 5. The topological polar surface area (TPSA) is 33.5 Å². The van der Waals surface area contributed by atoms with Crippen molar-refractivity contribution in [3.8, 4) is 0 Å². The summed E-state index contributed by atoms with van der Waals surface area (Å²) in [5.41, 5.74) is -0.134. The van der Waals surface area contributed by atoms with E-state index in [1.54, 1.807) is 0 Å². The fourth-order valence-corrected chi connectivity index (χ4v) is 2.23. The quantitative estimate of drug-likeness (QED) is 0.758. The van der Waals surface area contributed by atoms with Gasteiger partial charge in [0.15, 0.2) is 0 Å². The highest BCUT2D eigenvalue weighted by Crippen LogP contribution is 2.23. The summed E-state index contributed by atoms with van der Waals surface area (Å²) in [6.45, 7) is -1.82. The number of carbonyl (C=O) groups excluding carboxylic acids is 1. The molecule has 0 fully saturated rings. The molecule has 0 aliphatic heterocycles. The van der Waals surface area contributed by atoms with Crippen LogP contribution in [-0.2, 0) is 17.8 Å². The molecule has 0 radical (unpaired) electrons. The Kier molecular flexibility index (Phi) is 5.30. The van der Waals surface area contributed by atoms with Crippen LogP contribution < -0.4 is 0 Å². The van der Waals surface area contributed by atoms with Gasteiger partial charge in [0.2, 0.25) is 5.91 Å². The van der Waals surface area contributed by atoms with Crippen LogP contribution in [0.5, 0.6) is 0 Å². The van der Waals surface area contributed by atoms with E-state index in [0.29, 0.717) is 4.90 Å². The van der Waals surface area contributed by atoms with Crippen molar-refractivity contribution in [2.75, 3.05) is 6.54 Å². The summed E-state index contributed by atoms with van der Waals surface area (Å²) in [5, 5.41) is -0.0108. The average Bonchev–Trinajstić information content (AvgIpc) is 2.93. The molecule has 23 heavy (non-hydrogen) atoms. The number of hydrogen-bond donors (Lipinski definition) is 0. The Bertz CT molecular complexity index is 650. The number of furan rings is 1. The van der Waals surface area contributed by atoms with Gasteiger partial charge >= 0.3 is 6.18 Å². The first-order chi connectivity index (χ1) is 10.8. The van der Waals surface area contributed by atoms with Gasteiger partial charge in [-0.3, -0.25) is 4.79 Å².